The number of alkyl halides is 4. The van der Waals surface area contributed by atoms with Gasteiger partial charge >= 0.3 is 0 Å². The van der Waals surface area contributed by atoms with E-state index in [0.29, 0.717) is 12.8 Å². The maximum absolute atomic E-state index is 5.74. The van der Waals surface area contributed by atoms with Crippen molar-refractivity contribution in [1.82, 2.24) is 0 Å². The molecule has 0 heterocycles. The standard InChI is InChI=1S/C6H8Cl4/c1-2-3-5(7)4-6(8,9)10/h2,5H,1,3-4H2. The molecule has 0 saturated heterocycles. The first-order valence-corrected chi connectivity index (χ1v) is 4.34. The van der Waals surface area contributed by atoms with Gasteiger partial charge in [0.1, 0.15) is 0 Å². The van der Waals surface area contributed by atoms with Gasteiger partial charge in [-0.15, -0.1) is 18.2 Å². The Labute approximate surface area is 81.1 Å². The van der Waals surface area contributed by atoms with Gasteiger partial charge in [-0.3, -0.25) is 0 Å². The molecule has 0 N–H and O–H groups in total. The van der Waals surface area contributed by atoms with Gasteiger partial charge in [0.05, 0.1) is 0 Å². The van der Waals surface area contributed by atoms with Crippen LogP contribution in [0.3, 0.4) is 0 Å². The molecule has 0 aromatic heterocycles. The first-order chi connectivity index (χ1) is 4.45. The molecule has 0 fully saturated rings. The van der Waals surface area contributed by atoms with E-state index in [0.717, 1.165) is 0 Å². The van der Waals surface area contributed by atoms with Gasteiger partial charge in [-0.2, -0.15) is 0 Å². The van der Waals surface area contributed by atoms with Gasteiger partial charge in [-0.05, 0) is 6.42 Å². The van der Waals surface area contributed by atoms with Crippen molar-refractivity contribution in [2.75, 3.05) is 0 Å². The highest BCUT2D eigenvalue weighted by molar-refractivity contribution is 6.67. The normalized spacial score (nSPS) is 14.8. The number of allylic oxidation sites excluding steroid dienone is 1. The van der Waals surface area contributed by atoms with Gasteiger partial charge in [0.15, 0.2) is 3.79 Å². The molecule has 0 radical (unpaired) electrons. The third-order valence-electron chi connectivity index (χ3n) is 0.875. The van der Waals surface area contributed by atoms with Crippen LogP contribution >= 0.6 is 46.4 Å². The van der Waals surface area contributed by atoms with Crippen molar-refractivity contribution in [2.45, 2.75) is 22.0 Å². The topological polar surface area (TPSA) is 0 Å². The molecule has 0 nitrogen and oxygen atoms in total. The van der Waals surface area contributed by atoms with Crippen molar-refractivity contribution in [3.05, 3.63) is 12.7 Å². The van der Waals surface area contributed by atoms with E-state index in [-0.39, 0.29) is 5.38 Å². The van der Waals surface area contributed by atoms with Crippen LogP contribution in [-0.2, 0) is 0 Å². The van der Waals surface area contributed by atoms with Crippen LogP contribution in [0.1, 0.15) is 12.8 Å². The number of hydrogen-bond acceptors (Lipinski definition) is 0. The van der Waals surface area contributed by atoms with Gasteiger partial charge in [-0.25, -0.2) is 0 Å². The van der Waals surface area contributed by atoms with E-state index < -0.39 is 3.79 Å². The van der Waals surface area contributed by atoms with Crippen molar-refractivity contribution >= 4 is 46.4 Å². The Bertz CT molecular complexity index is 105. The molecule has 0 rings (SSSR count). The van der Waals surface area contributed by atoms with Crippen LogP contribution in [0.15, 0.2) is 12.7 Å². The summed E-state index contributed by atoms with van der Waals surface area (Å²) in [6, 6.07) is 0. The molecule has 0 aliphatic heterocycles. The van der Waals surface area contributed by atoms with E-state index >= 15 is 0 Å². The summed E-state index contributed by atoms with van der Waals surface area (Å²) in [6.07, 6.45) is 2.72. The average molecular weight is 222 g/mol. The smallest absolute Gasteiger partial charge is 0.123 e. The van der Waals surface area contributed by atoms with Gasteiger partial charge in [0, 0.05) is 11.8 Å². The van der Waals surface area contributed by atoms with E-state index in [4.69, 9.17) is 46.4 Å². The minimum Gasteiger partial charge on any atom is -0.123 e. The largest absolute Gasteiger partial charge is 0.192 e. The minimum absolute atomic E-state index is 0.134. The molecule has 1 atom stereocenters. The van der Waals surface area contributed by atoms with Crippen LogP contribution in [0.2, 0.25) is 0 Å². The molecule has 0 spiro atoms. The Balaban J connectivity index is 3.56. The summed E-state index contributed by atoms with van der Waals surface area (Å²) in [5, 5.41) is -0.134. The second kappa shape index (κ2) is 4.71. The van der Waals surface area contributed by atoms with Crippen LogP contribution in [0.5, 0.6) is 0 Å². The molecule has 0 bridgehead atoms. The summed E-state index contributed by atoms with van der Waals surface area (Å²) in [7, 11) is 0. The summed E-state index contributed by atoms with van der Waals surface area (Å²) in [5.41, 5.74) is 0. The predicted molar refractivity (Wildman–Crippen MR) is 49.4 cm³/mol. The summed E-state index contributed by atoms with van der Waals surface area (Å²) >= 11 is 22.2. The molecule has 0 saturated carbocycles. The zero-order chi connectivity index (χ0) is 8.20. The van der Waals surface area contributed by atoms with E-state index in [1.54, 1.807) is 6.08 Å². The van der Waals surface area contributed by atoms with Gasteiger partial charge in [-0.1, -0.05) is 40.9 Å². The van der Waals surface area contributed by atoms with Crippen LogP contribution in [0.4, 0.5) is 0 Å². The SMILES string of the molecule is C=CCC(Cl)CC(Cl)(Cl)Cl. The highest BCUT2D eigenvalue weighted by Crippen LogP contribution is 2.33. The number of rotatable bonds is 3. The maximum Gasteiger partial charge on any atom is 0.192 e. The fourth-order valence-corrected chi connectivity index (χ4v) is 1.67. The van der Waals surface area contributed by atoms with Gasteiger partial charge < -0.3 is 0 Å². The summed E-state index contributed by atoms with van der Waals surface area (Å²) in [5.74, 6) is 0. The maximum atomic E-state index is 5.74. The lowest BCUT2D eigenvalue weighted by atomic mass is 10.2. The van der Waals surface area contributed by atoms with Crippen molar-refractivity contribution < 1.29 is 0 Å². The van der Waals surface area contributed by atoms with E-state index in [2.05, 4.69) is 6.58 Å². The monoisotopic (exact) mass is 220 g/mol. The number of halogens is 4. The molecule has 0 aromatic carbocycles. The molecule has 0 aliphatic rings. The van der Waals surface area contributed by atoms with Crippen LogP contribution in [-0.4, -0.2) is 9.17 Å². The zero-order valence-electron chi connectivity index (χ0n) is 5.29. The lowest BCUT2D eigenvalue weighted by Crippen LogP contribution is -2.10. The van der Waals surface area contributed by atoms with Crippen LogP contribution in [0, 0.1) is 0 Å². The first kappa shape index (κ1) is 10.9. The second-order valence-electron chi connectivity index (χ2n) is 1.94. The van der Waals surface area contributed by atoms with Crippen molar-refractivity contribution in [1.29, 1.82) is 0 Å². The molecular weight excluding hydrogens is 214 g/mol. The fourth-order valence-electron chi connectivity index (χ4n) is 0.515. The Hall–Kier alpha value is 0.900. The molecular formula is C6H8Cl4. The lowest BCUT2D eigenvalue weighted by molar-refractivity contribution is 0.778. The highest BCUT2D eigenvalue weighted by Gasteiger charge is 2.23. The predicted octanol–water partition coefficient (Wildman–Crippen LogP) is 3.93. The van der Waals surface area contributed by atoms with E-state index in [1.165, 1.54) is 0 Å². The first-order valence-electron chi connectivity index (χ1n) is 2.77. The Kier molecular flexibility index (Phi) is 5.14. The minimum atomic E-state index is -1.24. The van der Waals surface area contributed by atoms with Crippen molar-refractivity contribution in [2.24, 2.45) is 0 Å². The third-order valence-corrected chi connectivity index (χ3v) is 1.67. The molecule has 4 heteroatoms. The Morgan fingerprint density at radius 2 is 1.90 bits per heavy atom. The number of hydrogen-bond donors (Lipinski definition) is 0. The molecule has 0 amide bonds. The summed E-state index contributed by atoms with van der Waals surface area (Å²) < 4.78 is -1.24. The Morgan fingerprint density at radius 3 is 2.20 bits per heavy atom. The quantitative estimate of drug-likeness (QED) is 0.501. The van der Waals surface area contributed by atoms with Gasteiger partial charge in [0.2, 0.25) is 0 Å². The molecule has 10 heavy (non-hydrogen) atoms. The van der Waals surface area contributed by atoms with E-state index in [9.17, 15) is 0 Å². The average Bonchev–Trinajstić information content (AvgIpc) is 1.59. The molecule has 0 aromatic rings. The second-order valence-corrected chi connectivity index (χ2v) is 5.07. The van der Waals surface area contributed by atoms with Crippen LogP contribution < -0.4 is 0 Å². The van der Waals surface area contributed by atoms with Gasteiger partial charge in [0.25, 0.3) is 0 Å². The highest BCUT2D eigenvalue weighted by atomic mass is 35.6. The zero-order valence-corrected chi connectivity index (χ0v) is 8.31. The van der Waals surface area contributed by atoms with Crippen molar-refractivity contribution in [3.8, 4) is 0 Å². The van der Waals surface area contributed by atoms with Crippen molar-refractivity contribution in [3.63, 3.8) is 0 Å². The molecule has 0 aliphatic carbocycles. The lowest BCUT2D eigenvalue weighted by Gasteiger charge is -2.13. The summed E-state index contributed by atoms with van der Waals surface area (Å²) in [6.45, 7) is 3.52. The van der Waals surface area contributed by atoms with E-state index in [1.807, 2.05) is 0 Å². The summed E-state index contributed by atoms with van der Waals surface area (Å²) in [4.78, 5) is 0. The van der Waals surface area contributed by atoms with Crippen LogP contribution in [0.25, 0.3) is 0 Å². The fraction of sp³-hybridized carbons (Fsp3) is 0.667. The third kappa shape index (κ3) is 7.01. The molecule has 1 unspecified atom stereocenters. The Morgan fingerprint density at radius 1 is 1.40 bits per heavy atom. The molecule has 60 valence electrons.